The Bertz CT molecular complexity index is 3650. The van der Waals surface area contributed by atoms with Gasteiger partial charge in [0.25, 0.3) is 0 Å². The second-order valence-electron chi connectivity index (χ2n) is 18.6. The summed E-state index contributed by atoms with van der Waals surface area (Å²) in [6.45, 7) is 5.04. The third-order valence-electron chi connectivity index (χ3n) is 13.9. The van der Waals surface area contributed by atoms with Crippen molar-refractivity contribution in [2.45, 2.75) is 87.3 Å². The highest BCUT2D eigenvalue weighted by atomic mass is 16.5. The van der Waals surface area contributed by atoms with Gasteiger partial charge >= 0.3 is 0 Å². The fourth-order valence-electron chi connectivity index (χ4n) is 9.31. The summed E-state index contributed by atoms with van der Waals surface area (Å²) in [5, 5.41) is 3.42. The number of ether oxygens (including phenoxy) is 1. The van der Waals surface area contributed by atoms with Gasteiger partial charge < -0.3 is 9.15 Å². The Kier molecular flexibility index (Phi) is 7.45. The van der Waals surface area contributed by atoms with Crippen molar-refractivity contribution in [3.63, 3.8) is 0 Å². The average Bonchev–Trinajstić information content (AvgIpc) is 3.71. The largest absolute Gasteiger partial charge is 0.457 e. The second kappa shape index (κ2) is 15.4. The summed E-state index contributed by atoms with van der Waals surface area (Å²) in [4.78, 5) is 9.48. The van der Waals surface area contributed by atoms with Crippen molar-refractivity contribution in [3.05, 3.63) is 167 Å². The van der Waals surface area contributed by atoms with Gasteiger partial charge in [-0.2, -0.15) is 0 Å². The van der Waals surface area contributed by atoms with E-state index in [-0.39, 0.29) is 39.1 Å². The molecule has 1 fully saturated rings. The van der Waals surface area contributed by atoms with Crippen molar-refractivity contribution in [2.75, 3.05) is 0 Å². The van der Waals surface area contributed by atoms with Crippen LogP contribution in [0.5, 0.6) is 11.5 Å². The van der Waals surface area contributed by atoms with Crippen molar-refractivity contribution in [2.24, 2.45) is 10.8 Å². The summed E-state index contributed by atoms with van der Waals surface area (Å²) in [6.07, 6.45) is 5.42. The average molecular weight is 835 g/mol. The maximum absolute atomic E-state index is 9.74. The molecule has 1 saturated carbocycles. The van der Waals surface area contributed by atoms with Crippen LogP contribution in [0.4, 0.5) is 0 Å². The molecule has 4 nitrogen and oxygen atoms in total. The number of aromatic nitrogens is 2. The van der Waals surface area contributed by atoms with Crippen LogP contribution in [-0.2, 0) is 0 Å². The number of hydrogen-bond donors (Lipinski definition) is 0. The van der Waals surface area contributed by atoms with E-state index in [2.05, 4.69) is 57.8 Å². The Balaban J connectivity index is 1.17. The van der Waals surface area contributed by atoms with E-state index in [4.69, 9.17) is 26.5 Å². The first-order valence-electron chi connectivity index (χ1n) is 26.6. The number of pyridine rings is 2. The lowest BCUT2D eigenvalue weighted by Crippen LogP contribution is -2.38. The van der Waals surface area contributed by atoms with Gasteiger partial charge in [-0.1, -0.05) is 107 Å². The lowest BCUT2D eigenvalue weighted by Gasteiger charge is -2.49. The minimum atomic E-state index is -2.80. The zero-order valence-electron chi connectivity index (χ0n) is 46.5. The fraction of sp³-hybridized carbons (Fsp3) is 0.254. The highest BCUT2D eigenvalue weighted by molar-refractivity contribution is 6.17. The van der Waals surface area contributed by atoms with Gasteiger partial charge in [0.05, 0.1) is 11.4 Å². The van der Waals surface area contributed by atoms with Gasteiger partial charge in [0.1, 0.15) is 22.7 Å². The van der Waals surface area contributed by atoms with E-state index in [1.54, 1.807) is 36.4 Å². The first-order valence-corrected chi connectivity index (χ1v) is 21.6. The zero-order chi connectivity index (χ0) is 52.2. The molecule has 0 radical (unpaired) electrons. The molecule has 0 bridgehead atoms. The molecule has 0 amide bonds. The molecule has 4 heteroatoms. The van der Waals surface area contributed by atoms with Crippen LogP contribution in [-0.4, -0.2) is 9.97 Å². The number of fused-ring (bicyclic) bond motifs is 5. The molecule has 1 unspecified atom stereocenters. The third kappa shape index (κ3) is 7.20. The minimum absolute atomic E-state index is 0.0121. The summed E-state index contributed by atoms with van der Waals surface area (Å²) in [6, 6.07) is 37.4. The van der Waals surface area contributed by atoms with Crippen LogP contribution in [0.3, 0.4) is 0 Å². The number of aryl methyl sites for hydroxylation is 4. The monoisotopic (exact) mass is 834 g/mol. The fourth-order valence-corrected chi connectivity index (χ4v) is 9.31. The van der Waals surface area contributed by atoms with Crippen molar-refractivity contribution in [1.29, 1.82) is 0 Å². The number of furan rings is 1. The van der Waals surface area contributed by atoms with Crippen LogP contribution in [0.2, 0.25) is 0 Å². The Morgan fingerprint density at radius 3 is 2.19 bits per heavy atom. The van der Waals surface area contributed by atoms with Gasteiger partial charge in [-0.25, -0.2) is 0 Å². The topological polar surface area (TPSA) is 48.2 Å². The summed E-state index contributed by atoms with van der Waals surface area (Å²) >= 11 is 0. The quantitative estimate of drug-likeness (QED) is 0.160. The Labute approximate surface area is 386 Å². The van der Waals surface area contributed by atoms with Crippen LogP contribution in [0.25, 0.3) is 77.5 Å². The SMILES string of the molecule is [2H]C([2H])([2H])c1cnc(-c2cc(Oc3cc(-c4cc(-c5ccc(C6([2H])CCC(C)(C)C(C)(C)C6)cc5C)c(C)cn4)c4oc5c6ccccc6ccc5c4c3)c(C([2H])([2H])[2H])c(-c3ccccc3)c2)cc1C([2H])([2H])[2H]. The van der Waals surface area contributed by atoms with Gasteiger partial charge in [-0.15, -0.1) is 0 Å². The molecule has 1 aliphatic carbocycles. The molecular weight excluding hydrogens is 769 g/mol. The number of nitrogens with zero attached hydrogens (tertiary/aromatic N) is 2. The van der Waals surface area contributed by atoms with Crippen LogP contribution >= 0.6 is 0 Å². The molecule has 314 valence electrons. The first-order chi connectivity index (χ1) is 34.2. The van der Waals surface area contributed by atoms with Gasteiger partial charge in [0, 0.05) is 53.4 Å². The van der Waals surface area contributed by atoms with Crippen molar-refractivity contribution in [3.8, 4) is 56.3 Å². The zero-order valence-corrected chi connectivity index (χ0v) is 36.5. The maximum atomic E-state index is 9.74. The van der Waals surface area contributed by atoms with E-state index in [1.165, 1.54) is 12.1 Å². The Morgan fingerprint density at radius 2 is 1.40 bits per heavy atom. The molecule has 1 aliphatic rings. The standard InChI is InChI=1S/C59H56N2O2/c1-35-26-53(60-33-37(35)3)44-27-50(40-15-11-10-12-16-40)39(5)55(28-44)62-45-29-51-48-22-19-41-17-13-14-18-47(41)56(48)63-57(51)52(30-45)54-31-49(38(4)34-61-54)46-21-20-42(25-36(46)2)43-23-24-58(6,7)59(8,9)32-43/h10-22,25-31,33-34,43H,23-24,32H2,1-9H3/i1D3,3D3,5D3,43D. The van der Waals surface area contributed by atoms with Crippen LogP contribution in [0.15, 0.2) is 138 Å². The first kappa shape index (κ1) is 30.5. The molecule has 63 heavy (non-hydrogen) atoms. The molecule has 0 aliphatic heterocycles. The van der Waals surface area contributed by atoms with Gasteiger partial charge in [0.2, 0.25) is 0 Å². The molecule has 3 heterocycles. The van der Waals surface area contributed by atoms with Crippen molar-refractivity contribution in [1.82, 2.24) is 9.97 Å². The minimum Gasteiger partial charge on any atom is -0.457 e. The smallest absolute Gasteiger partial charge is 0.145 e. The second-order valence-corrected chi connectivity index (χ2v) is 18.6. The Morgan fingerprint density at radius 1 is 0.603 bits per heavy atom. The van der Waals surface area contributed by atoms with E-state index >= 15 is 0 Å². The molecule has 6 aromatic carbocycles. The lowest BCUT2D eigenvalue weighted by molar-refractivity contribution is 0.0398. The number of hydrogen-bond acceptors (Lipinski definition) is 4. The molecule has 3 aromatic heterocycles. The van der Waals surface area contributed by atoms with Gasteiger partial charge in [-0.3, -0.25) is 9.97 Å². The molecule has 0 N–H and O–H groups in total. The molecule has 1 atom stereocenters. The van der Waals surface area contributed by atoms with E-state index in [1.807, 2.05) is 67.7 Å². The summed E-state index contributed by atoms with van der Waals surface area (Å²) < 4.78 is 99.4. The van der Waals surface area contributed by atoms with Crippen LogP contribution < -0.4 is 4.74 Å². The predicted octanol–water partition coefficient (Wildman–Crippen LogP) is 16.9. The number of benzene rings is 6. The van der Waals surface area contributed by atoms with Gasteiger partial charge in [0.15, 0.2) is 0 Å². The van der Waals surface area contributed by atoms with E-state index in [9.17, 15) is 1.37 Å². The highest BCUT2D eigenvalue weighted by Gasteiger charge is 2.42. The van der Waals surface area contributed by atoms with E-state index < -0.39 is 32.0 Å². The molecule has 0 spiro atoms. The molecule has 9 aromatic rings. The lowest BCUT2D eigenvalue weighted by atomic mass is 9.56. The normalized spacial score (nSPS) is 20.0. The number of rotatable bonds is 7. The third-order valence-corrected chi connectivity index (χ3v) is 13.9. The summed E-state index contributed by atoms with van der Waals surface area (Å²) in [5.74, 6) is -0.472. The maximum Gasteiger partial charge on any atom is 0.145 e. The Hall–Kier alpha value is -6.52. The summed E-state index contributed by atoms with van der Waals surface area (Å²) in [5.41, 5.74) is 7.91. The van der Waals surface area contributed by atoms with E-state index in [0.717, 1.165) is 69.4 Å². The van der Waals surface area contributed by atoms with Crippen LogP contribution in [0, 0.1) is 45.2 Å². The molecule has 0 saturated heterocycles. The highest BCUT2D eigenvalue weighted by Crippen LogP contribution is 2.54. The van der Waals surface area contributed by atoms with Gasteiger partial charge in [-0.05, 0) is 174 Å². The van der Waals surface area contributed by atoms with Crippen molar-refractivity contribution < 1.29 is 22.9 Å². The molecular formula is C59H56N2O2. The van der Waals surface area contributed by atoms with E-state index in [0.29, 0.717) is 44.5 Å². The van der Waals surface area contributed by atoms with Crippen LogP contribution in [0.1, 0.15) is 99.9 Å². The predicted molar refractivity (Wildman–Crippen MR) is 263 cm³/mol. The molecule has 10 rings (SSSR count). The summed E-state index contributed by atoms with van der Waals surface area (Å²) in [7, 11) is 0. The van der Waals surface area contributed by atoms with Crippen molar-refractivity contribution >= 4 is 32.7 Å².